The standard InChI is InChI=1S/C25H27FN2O5/c1-30-21-10-6-11-22(31-2)24(21)32-16-23(29)28-12-4-3-9-20(28)25-27-15-19(33-25)14-17-7-5-8-18(26)13-17/h5-8,10-11,13,15,20H,3-4,9,12,14,16H2,1-2H3/t20-/m0/s1. The number of carbonyl (C=O) groups excluding carboxylic acids is 1. The van der Waals surface area contributed by atoms with E-state index in [1.54, 1.807) is 35.4 Å². The van der Waals surface area contributed by atoms with E-state index in [4.69, 9.17) is 18.6 Å². The first kappa shape index (κ1) is 22.6. The van der Waals surface area contributed by atoms with E-state index < -0.39 is 0 Å². The van der Waals surface area contributed by atoms with Crippen molar-refractivity contribution in [1.29, 1.82) is 0 Å². The maximum atomic E-state index is 13.5. The van der Waals surface area contributed by atoms with Crippen LogP contribution >= 0.6 is 0 Å². The lowest BCUT2D eigenvalue weighted by atomic mass is 10.0. The quantitative estimate of drug-likeness (QED) is 0.497. The van der Waals surface area contributed by atoms with Crippen LogP contribution in [0.15, 0.2) is 53.1 Å². The highest BCUT2D eigenvalue weighted by Gasteiger charge is 2.32. The fourth-order valence-electron chi connectivity index (χ4n) is 4.07. The second-order valence-electron chi connectivity index (χ2n) is 7.85. The third-order valence-corrected chi connectivity index (χ3v) is 5.67. The summed E-state index contributed by atoms with van der Waals surface area (Å²) >= 11 is 0. The van der Waals surface area contributed by atoms with E-state index in [0.717, 1.165) is 24.8 Å². The highest BCUT2D eigenvalue weighted by atomic mass is 19.1. The van der Waals surface area contributed by atoms with E-state index in [1.807, 2.05) is 6.07 Å². The number of methoxy groups -OCH3 is 2. The van der Waals surface area contributed by atoms with Crippen LogP contribution in [0.25, 0.3) is 0 Å². The summed E-state index contributed by atoms with van der Waals surface area (Å²) in [6.45, 7) is 0.432. The van der Waals surface area contributed by atoms with Crippen LogP contribution in [0.5, 0.6) is 17.2 Å². The predicted octanol–water partition coefficient (Wildman–Crippen LogP) is 4.55. The van der Waals surface area contributed by atoms with Gasteiger partial charge in [0.25, 0.3) is 5.91 Å². The Kier molecular flexibility index (Phi) is 7.12. The van der Waals surface area contributed by atoms with Crippen molar-refractivity contribution in [2.75, 3.05) is 27.4 Å². The molecule has 4 rings (SSSR count). The zero-order chi connectivity index (χ0) is 23.2. The molecule has 3 aromatic rings. The van der Waals surface area contributed by atoms with Crippen LogP contribution in [-0.4, -0.2) is 43.2 Å². The monoisotopic (exact) mass is 454 g/mol. The molecule has 1 aliphatic rings. The molecule has 2 heterocycles. The summed E-state index contributed by atoms with van der Waals surface area (Å²) in [6.07, 6.45) is 4.70. The summed E-state index contributed by atoms with van der Waals surface area (Å²) in [5.41, 5.74) is 0.799. The van der Waals surface area contributed by atoms with Crippen molar-refractivity contribution in [3.63, 3.8) is 0 Å². The molecule has 1 saturated heterocycles. The van der Waals surface area contributed by atoms with Gasteiger partial charge < -0.3 is 23.5 Å². The summed E-state index contributed by atoms with van der Waals surface area (Å²) in [7, 11) is 3.07. The highest BCUT2D eigenvalue weighted by molar-refractivity contribution is 5.78. The van der Waals surface area contributed by atoms with Gasteiger partial charge in [0.1, 0.15) is 17.6 Å². The fraction of sp³-hybridized carbons (Fsp3) is 0.360. The van der Waals surface area contributed by atoms with E-state index in [-0.39, 0.29) is 24.4 Å². The number of likely N-dealkylation sites (tertiary alicyclic amines) is 1. The van der Waals surface area contributed by atoms with Crippen LogP contribution in [0.3, 0.4) is 0 Å². The largest absolute Gasteiger partial charge is 0.493 e. The number of para-hydroxylation sites is 1. The van der Waals surface area contributed by atoms with Gasteiger partial charge in [0.15, 0.2) is 18.1 Å². The lowest BCUT2D eigenvalue weighted by Gasteiger charge is -2.33. The van der Waals surface area contributed by atoms with Gasteiger partial charge in [-0.25, -0.2) is 9.37 Å². The first-order valence-electron chi connectivity index (χ1n) is 10.9. The molecule has 1 atom stereocenters. The lowest BCUT2D eigenvalue weighted by Crippen LogP contribution is -2.41. The molecule has 0 N–H and O–H groups in total. The minimum atomic E-state index is -0.289. The molecule has 1 fully saturated rings. The number of benzene rings is 2. The average Bonchev–Trinajstić information content (AvgIpc) is 3.30. The average molecular weight is 454 g/mol. The number of nitrogens with zero attached hydrogens (tertiary/aromatic N) is 2. The van der Waals surface area contributed by atoms with Crippen LogP contribution in [0, 0.1) is 5.82 Å². The van der Waals surface area contributed by atoms with Gasteiger partial charge in [-0.3, -0.25) is 4.79 Å². The van der Waals surface area contributed by atoms with Gasteiger partial charge in [-0.2, -0.15) is 0 Å². The van der Waals surface area contributed by atoms with Crippen molar-refractivity contribution < 1.29 is 27.8 Å². The molecule has 33 heavy (non-hydrogen) atoms. The fourth-order valence-corrected chi connectivity index (χ4v) is 4.07. The molecule has 174 valence electrons. The van der Waals surface area contributed by atoms with Crippen molar-refractivity contribution in [2.24, 2.45) is 0 Å². The number of ether oxygens (including phenoxy) is 3. The molecule has 0 aliphatic carbocycles. The minimum Gasteiger partial charge on any atom is -0.493 e. The third-order valence-electron chi connectivity index (χ3n) is 5.67. The molecule has 0 radical (unpaired) electrons. The van der Waals surface area contributed by atoms with E-state index in [9.17, 15) is 9.18 Å². The Bertz CT molecular complexity index is 1080. The summed E-state index contributed by atoms with van der Waals surface area (Å²) in [5.74, 6) is 2.03. The second-order valence-corrected chi connectivity index (χ2v) is 7.85. The maximum Gasteiger partial charge on any atom is 0.261 e. The van der Waals surface area contributed by atoms with E-state index in [0.29, 0.717) is 41.9 Å². The van der Waals surface area contributed by atoms with Crippen LogP contribution in [-0.2, 0) is 11.2 Å². The summed E-state index contributed by atoms with van der Waals surface area (Å²) in [4.78, 5) is 19.3. The number of hydrogen-bond donors (Lipinski definition) is 0. The predicted molar refractivity (Wildman–Crippen MR) is 119 cm³/mol. The molecule has 1 aliphatic heterocycles. The number of oxazole rings is 1. The molecular weight excluding hydrogens is 427 g/mol. The van der Waals surface area contributed by atoms with Gasteiger partial charge in [-0.05, 0) is 49.1 Å². The van der Waals surface area contributed by atoms with Crippen LogP contribution in [0.4, 0.5) is 4.39 Å². The van der Waals surface area contributed by atoms with Gasteiger partial charge in [0.2, 0.25) is 11.6 Å². The first-order valence-corrected chi connectivity index (χ1v) is 10.9. The SMILES string of the molecule is COc1cccc(OC)c1OCC(=O)N1CCCC[C@H]1c1ncc(Cc2cccc(F)c2)o1. The van der Waals surface area contributed by atoms with Crippen molar-refractivity contribution in [3.05, 3.63) is 71.7 Å². The van der Waals surface area contributed by atoms with E-state index >= 15 is 0 Å². The summed E-state index contributed by atoms with van der Waals surface area (Å²) < 4.78 is 35.9. The molecule has 0 saturated carbocycles. The highest BCUT2D eigenvalue weighted by Crippen LogP contribution is 2.37. The molecule has 2 aromatic carbocycles. The number of carbonyl (C=O) groups is 1. The van der Waals surface area contributed by atoms with Crippen LogP contribution < -0.4 is 14.2 Å². The lowest BCUT2D eigenvalue weighted by molar-refractivity contribution is -0.137. The Morgan fingerprint density at radius 2 is 1.91 bits per heavy atom. The van der Waals surface area contributed by atoms with Crippen molar-refractivity contribution >= 4 is 5.91 Å². The van der Waals surface area contributed by atoms with Gasteiger partial charge >= 0.3 is 0 Å². The number of hydrogen-bond acceptors (Lipinski definition) is 6. The first-order chi connectivity index (χ1) is 16.1. The van der Waals surface area contributed by atoms with Gasteiger partial charge in [0, 0.05) is 13.0 Å². The van der Waals surface area contributed by atoms with E-state index in [2.05, 4.69) is 4.98 Å². The van der Waals surface area contributed by atoms with Crippen LogP contribution in [0.1, 0.15) is 42.5 Å². The molecule has 0 spiro atoms. The number of rotatable bonds is 8. The maximum absolute atomic E-state index is 13.5. The zero-order valence-electron chi connectivity index (χ0n) is 18.8. The van der Waals surface area contributed by atoms with Crippen molar-refractivity contribution in [1.82, 2.24) is 9.88 Å². The normalized spacial score (nSPS) is 15.8. The van der Waals surface area contributed by atoms with Crippen molar-refractivity contribution in [2.45, 2.75) is 31.7 Å². The van der Waals surface area contributed by atoms with Gasteiger partial charge in [-0.1, -0.05) is 18.2 Å². The third kappa shape index (κ3) is 5.27. The zero-order valence-corrected chi connectivity index (χ0v) is 18.8. The number of halogens is 1. The Morgan fingerprint density at radius 3 is 2.64 bits per heavy atom. The molecule has 1 amide bonds. The Morgan fingerprint density at radius 1 is 1.15 bits per heavy atom. The molecule has 8 heteroatoms. The summed E-state index contributed by atoms with van der Waals surface area (Å²) in [5, 5.41) is 0. The Labute approximate surface area is 192 Å². The molecule has 7 nitrogen and oxygen atoms in total. The van der Waals surface area contributed by atoms with Gasteiger partial charge in [-0.15, -0.1) is 0 Å². The van der Waals surface area contributed by atoms with Gasteiger partial charge in [0.05, 0.1) is 20.4 Å². The molecular formula is C25H27FN2O5. The number of aromatic nitrogens is 1. The smallest absolute Gasteiger partial charge is 0.261 e. The van der Waals surface area contributed by atoms with E-state index in [1.165, 1.54) is 26.4 Å². The Balaban J connectivity index is 1.46. The summed E-state index contributed by atoms with van der Waals surface area (Å²) in [6, 6.07) is 11.4. The van der Waals surface area contributed by atoms with Crippen molar-refractivity contribution in [3.8, 4) is 17.2 Å². The second kappa shape index (κ2) is 10.4. The minimum absolute atomic E-state index is 0.163. The molecule has 0 bridgehead atoms. The number of amides is 1. The topological polar surface area (TPSA) is 74.0 Å². The van der Waals surface area contributed by atoms with Crippen LogP contribution in [0.2, 0.25) is 0 Å². The Hall–Kier alpha value is -3.55. The molecule has 0 unspecified atom stereocenters. The molecule has 1 aromatic heterocycles. The number of piperidine rings is 1.